The summed E-state index contributed by atoms with van der Waals surface area (Å²) in [4.78, 5) is 13.8. The van der Waals surface area contributed by atoms with Crippen molar-refractivity contribution in [3.05, 3.63) is 0 Å². The highest BCUT2D eigenvalue weighted by molar-refractivity contribution is 5.79. The molecule has 4 heteroatoms. The maximum Gasteiger partial charge on any atom is 0.324 e. The number of likely N-dealkylation sites (tertiary alicyclic amines) is 1. The van der Waals surface area contributed by atoms with Gasteiger partial charge in [-0.25, -0.2) is 0 Å². The maximum atomic E-state index is 11.7. The molecule has 1 atom stereocenters. The molecular formula is C15H27NO3. The molecule has 1 heterocycles. The SMILES string of the molecule is CCCC1(C(=O)O)CCCN1CC1(O)CCCCC1. The van der Waals surface area contributed by atoms with Crippen molar-refractivity contribution in [2.24, 2.45) is 0 Å². The topological polar surface area (TPSA) is 60.8 Å². The van der Waals surface area contributed by atoms with Crippen LogP contribution in [0.5, 0.6) is 0 Å². The number of hydrogen-bond acceptors (Lipinski definition) is 3. The van der Waals surface area contributed by atoms with Gasteiger partial charge in [0.15, 0.2) is 0 Å². The highest BCUT2D eigenvalue weighted by Crippen LogP contribution is 2.38. The molecule has 4 nitrogen and oxygen atoms in total. The van der Waals surface area contributed by atoms with Gasteiger partial charge in [-0.2, -0.15) is 0 Å². The number of hydrogen-bond donors (Lipinski definition) is 2. The number of rotatable bonds is 5. The Bertz CT molecular complexity index is 325. The van der Waals surface area contributed by atoms with Crippen LogP contribution in [0.3, 0.4) is 0 Å². The van der Waals surface area contributed by atoms with Gasteiger partial charge in [0.25, 0.3) is 0 Å². The first-order chi connectivity index (χ1) is 9.02. The van der Waals surface area contributed by atoms with Crippen LogP contribution in [0.1, 0.15) is 64.7 Å². The summed E-state index contributed by atoms with van der Waals surface area (Å²) in [6.07, 6.45) is 8.21. The summed E-state index contributed by atoms with van der Waals surface area (Å²) in [5, 5.41) is 20.3. The molecule has 0 bridgehead atoms. The van der Waals surface area contributed by atoms with Gasteiger partial charge in [0.1, 0.15) is 5.54 Å². The predicted octanol–water partition coefficient (Wildman–Crippen LogP) is 2.40. The molecule has 19 heavy (non-hydrogen) atoms. The zero-order chi connectivity index (χ0) is 13.9. The second-order valence-electron chi connectivity index (χ2n) is 6.40. The van der Waals surface area contributed by atoms with Crippen LogP contribution in [0.25, 0.3) is 0 Å². The van der Waals surface area contributed by atoms with E-state index < -0.39 is 17.1 Å². The summed E-state index contributed by atoms with van der Waals surface area (Å²) in [6, 6.07) is 0. The molecule has 1 aliphatic carbocycles. The van der Waals surface area contributed by atoms with E-state index in [1.165, 1.54) is 6.42 Å². The van der Waals surface area contributed by atoms with Crippen LogP contribution in [0, 0.1) is 0 Å². The largest absolute Gasteiger partial charge is 0.480 e. The Balaban J connectivity index is 2.10. The molecule has 1 aliphatic heterocycles. The fourth-order valence-corrected chi connectivity index (χ4v) is 3.93. The molecule has 0 spiro atoms. The molecule has 2 rings (SSSR count). The Labute approximate surface area is 115 Å². The van der Waals surface area contributed by atoms with Crippen molar-refractivity contribution in [2.45, 2.75) is 75.9 Å². The molecule has 1 unspecified atom stereocenters. The minimum Gasteiger partial charge on any atom is -0.480 e. The number of aliphatic carboxylic acids is 1. The molecule has 0 radical (unpaired) electrons. The Morgan fingerprint density at radius 2 is 1.84 bits per heavy atom. The Hall–Kier alpha value is -0.610. The fourth-order valence-electron chi connectivity index (χ4n) is 3.93. The summed E-state index contributed by atoms with van der Waals surface area (Å²) >= 11 is 0. The van der Waals surface area contributed by atoms with E-state index in [1.54, 1.807) is 0 Å². The minimum absolute atomic E-state index is 0.541. The summed E-state index contributed by atoms with van der Waals surface area (Å²) in [6.45, 7) is 3.39. The zero-order valence-corrected chi connectivity index (χ0v) is 12.0. The lowest BCUT2D eigenvalue weighted by atomic mass is 9.83. The highest BCUT2D eigenvalue weighted by atomic mass is 16.4. The number of carboxylic acids is 1. The lowest BCUT2D eigenvalue weighted by Gasteiger charge is -2.41. The van der Waals surface area contributed by atoms with Crippen molar-refractivity contribution in [3.8, 4) is 0 Å². The molecule has 2 fully saturated rings. The Morgan fingerprint density at radius 1 is 1.16 bits per heavy atom. The first-order valence-corrected chi connectivity index (χ1v) is 7.73. The number of carbonyl (C=O) groups is 1. The van der Waals surface area contributed by atoms with Crippen molar-refractivity contribution >= 4 is 5.97 Å². The third-order valence-electron chi connectivity index (χ3n) is 4.95. The van der Waals surface area contributed by atoms with Gasteiger partial charge in [-0.3, -0.25) is 9.69 Å². The maximum absolute atomic E-state index is 11.7. The Morgan fingerprint density at radius 3 is 2.42 bits per heavy atom. The van der Waals surface area contributed by atoms with Gasteiger partial charge in [0.05, 0.1) is 5.60 Å². The third kappa shape index (κ3) is 2.95. The van der Waals surface area contributed by atoms with Gasteiger partial charge in [-0.1, -0.05) is 32.6 Å². The summed E-state index contributed by atoms with van der Waals surface area (Å²) < 4.78 is 0. The van der Waals surface area contributed by atoms with E-state index in [2.05, 4.69) is 4.90 Å². The molecule has 0 aromatic rings. The molecule has 0 aromatic heterocycles. The normalized spacial score (nSPS) is 31.5. The second kappa shape index (κ2) is 5.80. The zero-order valence-electron chi connectivity index (χ0n) is 12.0. The molecular weight excluding hydrogens is 242 g/mol. The van der Waals surface area contributed by atoms with E-state index in [-0.39, 0.29) is 0 Å². The van der Waals surface area contributed by atoms with Gasteiger partial charge in [0, 0.05) is 6.54 Å². The van der Waals surface area contributed by atoms with Gasteiger partial charge in [-0.05, 0) is 38.6 Å². The van der Waals surface area contributed by atoms with Crippen LogP contribution >= 0.6 is 0 Å². The van der Waals surface area contributed by atoms with Crippen LogP contribution in [-0.4, -0.2) is 45.3 Å². The first-order valence-electron chi connectivity index (χ1n) is 7.73. The van der Waals surface area contributed by atoms with Crippen LogP contribution in [0.2, 0.25) is 0 Å². The van der Waals surface area contributed by atoms with Crippen molar-refractivity contribution in [2.75, 3.05) is 13.1 Å². The van der Waals surface area contributed by atoms with Crippen molar-refractivity contribution in [1.82, 2.24) is 4.90 Å². The molecule has 1 saturated heterocycles. The number of β-amino-alcohol motifs (C(OH)–C–C–N with tert-alkyl or cyclic N) is 1. The molecule has 110 valence electrons. The van der Waals surface area contributed by atoms with Gasteiger partial charge >= 0.3 is 5.97 Å². The molecule has 2 N–H and O–H groups in total. The van der Waals surface area contributed by atoms with Crippen LogP contribution in [0.15, 0.2) is 0 Å². The monoisotopic (exact) mass is 269 g/mol. The molecule has 0 aromatic carbocycles. The Kier molecular flexibility index (Phi) is 4.51. The van der Waals surface area contributed by atoms with E-state index in [4.69, 9.17) is 0 Å². The summed E-state index contributed by atoms with van der Waals surface area (Å²) in [7, 11) is 0. The van der Waals surface area contributed by atoms with Gasteiger partial charge in [0.2, 0.25) is 0 Å². The lowest BCUT2D eigenvalue weighted by Crippen LogP contribution is -2.56. The third-order valence-corrected chi connectivity index (χ3v) is 4.95. The average molecular weight is 269 g/mol. The standard InChI is InChI=1S/C15H27NO3/c1-2-7-15(13(17)18)10-6-11-16(15)12-14(19)8-4-3-5-9-14/h19H,2-12H2,1H3,(H,17,18). The predicted molar refractivity (Wildman–Crippen MR) is 74.1 cm³/mol. The molecule has 2 aliphatic rings. The second-order valence-corrected chi connectivity index (χ2v) is 6.40. The van der Waals surface area contributed by atoms with E-state index >= 15 is 0 Å². The minimum atomic E-state index is -0.720. The number of aliphatic hydroxyl groups is 1. The van der Waals surface area contributed by atoms with Gasteiger partial charge in [-0.15, -0.1) is 0 Å². The lowest BCUT2D eigenvalue weighted by molar-refractivity contribution is -0.153. The smallest absolute Gasteiger partial charge is 0.324 e. The van der Waals surface area contributed by atoms with E-state index in [1.807, 2.05) is 6.92 Å². The summed E-state index contributed by atoms with van der Waals surface area (Å²) in [5.41, 5.74) is -1.38. The van der Waals surface area contributed by atoms with Crippen molar-refractivity contribution in [1.29, 1.82) is 0 Å². The van der Waals surface area contributed by atoms with Crippen molar-refractivity contribution in [3.63, 3.8) is 0 Å². The van der Waals surface area contributed by atoms with E-state index in [0.717, 1.165) is 51.5 Å². The van der Waals surface area contributed by atoms with Crippen LogP contribution in [0.4, 0.5) is 0 Å². The van der Waals surface area contributed by atoms with Gasteiger partial charge < -0.3 is 10.2 Å². The average Bonchev–Trinajstić information content (AvgIpc) is 2.74. The highest BCUT2D eigenvalue weighted by Gasteiger charge is 2.49. The van der Waals surface area contributed by atoms with Crippen molar-refractivity contribution < 1.29 is 15.0 Å². The number of carboxylic acid groups (broad SMARTS) is 1. The van der Waals surface area contributed by atoms with E-state index in [9.17, 15) is 15.0 Å². The molecule has 0 amide bonds. The number of nitrogens with zero attached hydrogens (tertiary/aromatic N) is 1. The first kappa shape index (κ1) is 14.8. The van der Waals surface area contributed by atoms with Crippen LogP contribution in [-0.2, 0) is 4.79 Å². The summed E-state index contributed by atoms with van der Waals surface area (Å²) in [5.74, 6) is -0.703. The van der Waals surface area contributed by atoms with Crippen LogP contribution < -0.4 is 0 Å². The van der Waals surface area contributed by atoms with E-state index in [0.29, 0.717) is 13.0 Å². The molecule has 1 saturated carbocycles. The quantitative estimate of drug-likeness (QED) is 0.804. The fraction of sp³-hybridized carbons (Fsp3) is 0.933.